The van der Waals surface area contributed by atoms with Crippen molar-refractivity contribution in [3.63, 3.8) is 0 Å². The largest absolute Gasteiger partial charge is 0.351 e. The fourth-order valence-electron chi connectivity index (χ4n) is 5.46. The minimum Gasteiger partial charge on any atom is -0.351 e. The predicted molar refractivity (Wildman–Crippen MR) is 129 cm³/mol. The molecule has 2 aliphatic rings. The number of rotatable bonds is 4. The van der Waals surface area contributed by atoms with Gasteiger partial charge in [0.05, 0.1) is 17.6 Å². The molecule has 2 amide bonds. The van der Waals surface area contributed by atoms with E-state index in [-0.39, 0.29) is 30.2 Å². The molecule has 1 aliphatic carbocycles. The van der Waals surface area contributed by atoms with Crippen molar-refractivity contribution < 1.29 is 14.0 Å². The first-order valence-corrected chi connectivity index (χ1v) is 12.1. The molecule has 7 heteroatoms. The van der Waals surface area contributed by atoms with Crippen molar-refractivity contribution >= 4 is 22.8 Å². The highest BCUT2D eigenvalue weighted by atomic mass is 19.1. The van der Waals surface area contributed by atoms with E-state index in [4.69, 9.17) is 0 Å². The first-order chi connectivity index (χ1) is 16.3. The van der Waals surface area contributed by atoms with Crippen LogP contribution in [0.1, 0.15) is 56.2 Å². The molecule has 6 nitrogen and oxygen atoms in total. The number of para-hydroxylation sites is 2. The van der Waals surface area contributed by atoms with Gasteiger partial charge >= 0.3 is 0 Å². The molecular weight excluding hydrogens is 431 g/mol. The summed E-state index contributed by atoms with van der Waals surface area (Å²) in [6.45, 7) is 6.76. The zero-order valence-corrected chi connectivity index (χ0v) is 19.9. The second-order valence-corrected chi connectivity index (χ2v) is 10.1. The van der Waals surface area contributed by atoms with E-state index in [0.717, 1.165) is 29.4 Å². The Labute approximate surface area is 199 Å². The van der Waals surface area contributed by atoms with Gasteiger partial charge in [-0.05, 0) is 55.0 Å². The monoisotopic (exact) mass is 462 g/mol. The molecule has 0 spiro atoms. The summed E-state index contributed by atoms with van der Waals surface area (Å²) in [5.41, 5.74) is 1.21. The SMILES string of the molecule is C[C@@H]1[C@H](C)CCC[C@@H]1NC(=O)[C@]1(C)Cn2c(nc3ccccc32)C(=O)N1Cc1ccc(F)cc1. The van der Waals surface area contributed by atoms with Crippen molar-refractivity contribution in [3.8, 4) is 0 Å². The lowest BCUT2D eigenvalue weighted by atomic mass is 9.77. The predicted octanol–water partition coefficient (Wildman–Crippen LogP) is 4.53. The van der Waals surface area contributed by atoms with Crippen LogP contribution in [0.3, 0.4) is 0 Å². The Morgan fingerprint density at radius 1 is 1.15 bits per heavy atom. The summed E-state index contributed by atoms with van der Waals surface area (Å²) in [4.78, 5) is 33.9. The van der Waals surface area contributed by atoms with Crippen LogP contribution in [-0.2, 0) is 17.9 Å². The Kier molecular flexibility index (Phi) is 5.66. The smallest absolute Gasteiger partial charge is 0.291 e. The summed E-state index contributed by atoms with van der Waals surface area (Å²) < 4.78 is 15.4. The second kappa shape index (κ2) is 8.53. The van der Waals surface area contributed by atoms with Crippen LogP contribution in [-0.4, -0.2) is 37.8 Å². The van der Waals surface area contributed by atoms with E-state index < -0.39 is 5.54 Å². The molecule has 1 fully saturated rings. The number of halogens is 1. The Morgan fingerprint density at radius 2 is 1.88 bits per heavy atom. The van der Waals surface area contributed by atoms with Crippen molar-refractivity contribution in [2.24, 2.45) is 11.8 Å². The van der Waals surface area contributed by atoms with Gasteiger partial charge in [-0.3, -0.25) is 9.59 Å². The van der Waals surface area contributed by atoms with Crippen LogP contribution in [0, 0.1) is 17.7 Å². The highest BCUT2D eigenvalue weighted by Gasteiger charge is 2.49. The lowest BCUT2D eigenvalue weighted by Gasteiger charge is -2.45. The first-order valence-electron chi connectivity index (χ1n) is 12.1. The molecule has 0 radical (unpaired) electrons. The van der Waals surface area contributed by atoms with E-state index in [9.17, 15) is 14.0 Å². The van der Waals surface area contributed by atoms with Gasteiger partial charge in [0.1, 0.15) is 11.4 Å². The molecule has 5 rings (SSSR count). The van der Waals surface area contributed by atoms with Crippen molar-refractivity contribution in [2.45, 2.75) is 64.7 Å². The molecule has 0 unspecified atom stereocenters. The van der Waals surface area contributed by atoms with Gasteiger partial charge in [0.2, 0.25) is 5.91 Å². The van der Waals surface area contributed by atoms with Gasteiger partial charge in [0.15, 0.2) is 5.82 Å². The number of carbonyl (C=O) groups excluding carboxylic acids is 2. The summed E-state index contributed by atoms with van der Waals surface area (Å²) >= 11 is 0. The fourth-order valence-corrected chi connectivity index (χ4v) is 5.46. The Balaban J connectivity index is 1.54. The van der Waals surface area contributed by atoms with Gasteiger partial charge in [0, 0.05) is 12.6 Å². The van der Waals surface area contributed by atoms with E-state index in [1.807, 2.05) is 35.8 Å². The molecule has 2 heterocycles. The number of nitrogens with zero attached hydrogens (tertiary/aromatic N) is 3. The standard InChI is InChI=1S/C27H31FN4O2/c1-17-7-6-9-21(18(17)2)30-26(34)27(3)16-31-23-10-5-4-8-22(23)29-24(31)25(33)32(27)15-19-11-13-20(28)14-12-19/h4-5,8,10-14,17-18,21H,6-7,9,15-16H2,1-3H3,(H,30,34)/t17-,18-,21+,27+/m1/s1. The van der Waals surface area contributed by atoms with Gasteiger partial charge in [-0.1, -0.05) is 51.0 Å². The number of fused-ring (bicyclic) bond motifs is 3. The van der Waals surface area contributed by atoms with E-state index in [0.29, 0.717) is 24.2 Å². The topological polar surface area (TPSA) is 67.2 Å². The number of amides is 2. The Hall–Kier alpha value is -3.22. The van der Waals surface area contributed by atoms with Crippen LogP contribution in [0.15, 0.2) is 48.5 Å². The van der Waals surface area contributed by atoms with Gasteiger partial charge < -0.3 is 14.8 Å². The number of benzene rings is 2. The van der Waals surface area contributed by atoms with Crippen LogP contribution < -0.4 is 5.32 Å². The summed E-state index contributed by atoms with van der Waals surface area (Å²) in [7, 11) is 0. The lowest BCUT2D eigenvalue weighted by Crippen LogP contribution is -2.65. The maximum atomic E-state index is 13.9. The van der Waals surface area contributed by atoms with Crippen molar-refractivity contribution in [1.29, 1.82) is 0 Å². The quantitative estimate of drug-likeness (QED) is 0.619. The van der Waals surface area contributed by atoms with Crippen LogP contribution in [0.25, 0.3) is 11.0 Å². The minimum atomic E-state index is -1.12. The first kappa shape index (κ1) is 22.6. The molecule has 34 heavy (non-hydrogen) atoms. The number of imidazole rings is 1. The molecule has 0 bridgehead atoms. The second-order valence-electron chi connectivity index (χ2n) is 10.1. The van der Waals surface area contributed by atoms with Gasteiger partial charge in [0.25, 0.3) is 5.91 Å². The Morgan fingerprint density at radius 3 is 2.65 bits per heavy atom. The van der Waals surface area contributed by atoms with Gasteiger partial charge in [-0.25, -0.2) is 9.37 Å². The zero-order chi connectivity index (χ0) is 24.0. The highest BCUT2D eigenvalue weighted by Crippen LogP contribution is 2.34. The molecule has 2 aromatic carbocycles. The molecule has 1 saturated carbocycles. The zero-order valence-electron chi connectivity index (χ0n) is 19.9. The number of nitrogens with one attached hydrogen (secondary N) is 1. The number of hydrogen-bond acceptors (Lipinski definition) is 3. The third-order valence-corrected chi connectivity index (χ3v) is 7.92. The number of aromatic nitrogens is 2. The van der Waals surface area contributed by atoms with Crippen molar-refractivity contribution in [2.75, 3.05) is 0 Å². The lowest BCUT2D eigenvalue weighted by molar-refractivity contribution is -0.134. The summed E-state index contributed by atoms with van der Waals surface area (Å²) in [6, 6.07) is 13.8. The van der Waals surface area contributed by atoms with E-state index in [1.54, 1.807) is 17.0 Å². The average Bonchev–Trinajstić information content (AvgIpc) is 3.19. The van der Waals surface area contributed by atoms with E-state index in [1.165, 1.54) is 18.6 Å². The van der Waals surface area contributed by atoms with E-state index in [2.05, 4.69) is 24.1 Å². The van der Waals surface area contributed by atoms with Crippen LogP contribution >= 0.6 is 0 Å². The number of carbonyl (C=O) groups is 2. The molecule has 1 aromatic heterocycles. The molecule has 1 aliphatic heterocycles. The van der Waals surface area contributed by atoms with Crippen LogP contribution in [0.5, 0.6) is 0 Å². The third kappa shape index (κ3) is 3.77. The number of hydrogen-bond donors (Lipinski definition) is 1. The van der Waals surface area contributed by atoms with Gasteiger partial charge in [-0.2, -0.15) is 0 Å². The highest BCUT2D eigenvalue weighted by molar-refractivity contribution is 6.01. The fraction of sp³-hybridized carbons (Fsp3) is 0.444. The third-order valence-electron chi connectivity index (χ3n) is 7.92. The average molecular weight is 463 g/mol. The maximum absolute atomic E-state index is 13.9. The van der Waals surface area contributed by atoms with Crippen LogP contribution in [0.2, 0.25) is 0 Å². The molecule has 178 valence electrons. The summed E-state index contributed by atoms with van der Waals surface area (Å²) in [5.74, 6) is 0.451. The summed E-state index contributed by atoms with van der Waals surface area (Å²) in [6.07, 6.45) is 3.20. The minimum absolute atomic E-state index is 0.0803. The molecule has 1 N–H and O–H groups in total. The maximum Gasteiger partial charge on any atom is 0.291 e. The molecule has 3 aromatic rings. The van der Waals surface area contributed by atoms with Crippen LogP contribution in [0.4, 0.5) is 4.39 Å². The van der Waals surface area contributed by atoms with Crippen molar-refractivity contribution in [1.82, 2.24) is 19.8 Å². The van der Waals surface area contributed by atoms with E-state index >= 15 is 0 Å². The molecule has 4 atom stereocenters. The van der Waals surface area contributed by atoms with Gasteiger partial charge in [-0.15, -0.1) is 0 Å². The molecular formula is C27H31FN4O2. The molecule has 0 saturated heterocycles. The van der Waals surface area contributed by atoms with Crippen molar-refractivity contribution in [3.05, 3.63) is 65.7 Å². The normalized spacial score (nSPS) is 27.0. The summed E-state index contributed by atoms with van der Waals surface area (Å²) in [5, 5.41) is 3.30. The Bertz CT molecular complexity index is 1240.